The third-order valence-corrected chi connectivity index (χ3v) is 4.60. The van der Waals surface area contributed by atoms with Crippen molar-refractivity contribution in [3.8, 4) is 11.5 Å². The molecule has 2 N–H and O–H groups in total. The zero-order valence-corrected chi connectivity index (χ0v) is 13.9. The first-order valence-corrected chi connectivity index (χ1v) is 8.58. The van der Waals surface area contributed by atoms with E-state index in [0.717, 1.165) is 25.7 Å². The number of carbonyl (C=O) groups excluding carboxylic acids is 2. The molecule has 2 aliphatic rings. The number of nitrogens with zero attached hydrogens (tertiary/aromatic N) is 1. The van der Waals surface area contributed by atoms with E-state index in [9.17, 15) is 14.7 Å². The predicted molar refractivity (Wildman–Crippen MR) is 88.7 cm³/mol. The maximum absolute atomic E-state index is 12.5. The lowest BCUT2D eigenvalue weighted by Crippen LogP contribution is -2.49. The Morgan fingerprint density at radius 1 is 1.17 bits per heavy atom. The molecule has 1 unspecified atom stereocenters. The number of benzene rings is 1. The molecule has 1 saturated heterocycles. The Hall–Kier alpha value is -2.24. The Morgan fingerprint density at radius 3 is 2.38 bits per heavy atom. The average molecular weight is 332 g/mol. The van der Waals surface area contributed by atoms with E-state index in [1.165, 1.54) is 12.1 Å². The molecule has 24 heavy (non-hydrogen) atoms. The molecule has 6 nitrogen and oxygen atoms in total. The van der Waals surface area contributed by atoms with E-state index >= 15 is 0 Å². The lowest BCUT2D eigenvalue weighted by Gasteiger charge is -2.33. The fourth-order valence-electron chi connectivity index (χ4n) is 2.95. The molecule has 0 aromatic heterocycles. The molecule has 0 radical (unpaired) electrons. The van der Waals surface area contributed by atoms with Gasteiger partial charge in [-0.1, -0.05) is 0 Å². The van der Waals surface area contributed by atoms with Gasteiger partial charge in [-0.05, 0) is 56.9 Å². The van der Waals surface area contributed by atoms with Gasteiger partial charge in [-0.15, -0.1) is 0 Å². The number of rotatable bonds is 5. The van der Waals surface area contributed by atoms with Crippen molar-refractivity contribution in [2.24, 2.45) is 5.92 Å². The van der Waals surface area contributed by atoms with Crippen molar-refractivity contribution in [3.63, 3.8) is 0 Å². The van der Waals surface area contributed by atoms with Crippen LogP contribution in [0, 0.1) is 5.92 Å². The predicted octanol–water partition coefficient (Wildman–Crippen LogP) is 1.68. The standard InChI is InChI=1S/C18H24N2O4/c1-12(24-16-6-4-15(21)5-7-16)18(23)20-10-8-14(9-11-20)19-17(22)13-2-3-13/h4-7,12-14,21H,2-3,8-11H2,1H3,(H,19,22). The molecule has 6 heteroatoms. The van der Waals surface area contributed by atoms with E-state index in [-0.39, 0.29) is 29.5 Å². The molecule has 2 amide bonds. The molecule has 1 aliphatic heterocycles. The van der Waals surface area contributed by atoms with Crippen LogP contribution in [-0.2, 0) is 9.59 Å². The van der Waals surface area contributed by atoms with Gasteiger partial charge < -0.3 is 20.1 Å². The number of ether oxygens (including phenoxy) is 1. The van der Waals surface area contributed by atoms with E-state index in [2.05, 4.69) is 5.32 Å². The van der Waals surface area contributed by atoms with Crippen molar-refractivity contribution in [2.75, 3.05) is 13.1 Å². The van der Waals surface area contributed by atoms with Gasteiger partial charge >= 0.3 is 0 Å². The summed E-state index contributed by atoms with van der Waals surface area (Å²) in [5, 5.41) is 12.4. The van der Waals surface area contributed by atoms with Crippen LogP contribution >= 0.6 is 0 Å². The lowest BCUT2D eigenvalue weighted by atomic mass is 10.0. The second-order valence-electron chi connectivity index (χ2n) is 6.64. The van der Waals surface area contributed by atoms with E-state index in [1.54, 1.807) is 24.0 Å². The van der Waals surface area contributed by atoms with Crippen molar-refractivity contribution in [1.29, 1.82) is 0 Å². The summed E-state index contributed by atoms with van der Waals surface area (Å²) >= 11 is 0. The number of phenols is 1. The van der Waals surface area contributed by atoms with Crippen molar-refractivity contribution in [2.45, 2.75) is 44.8 Å². The number of phenolic OH excluding ortho intramolecular Hbond substituents is 1. The quantitative estimate of drug-likeness (QED) is 0.860. The van der Waals surface area contributed by atoms with Crippen LogP contribution in [0.2, 0.25) is 0 Å². The number of likely N-dealkylation sites (tertiary alicyclic amines) is 1. The molecule has 1 atom stereocenters. The summed E-state index contributed by atoms with van der Waals surface area (Å²) in [4.78, 5) is 26.1. The second kappa shape index (κ2) is 7.11. The smallest absolute Gasteiger partial charge is 0.263 e. The molecule has 1 saturated carbocycles. The van der Waals surface area contributed by atoms with Gasteiger partial charge in [0.05, 0.1) is 0 Å². The van der Waals surface area contributed by atoms with Gasteiger partial charge in [-0.3, -0.25) is 9.59 Å². The Balaban J connectivity index is 1.45. The van der Waals surface area contributed by atoms with Crippen LogP contribution in [0.3, 0.4) is 0 Å². The molecular formula is C18H24N2O4. The molecule has 0 spiro atoms. The fraction of sp³-hybridized carbons (Fsp3) is 0.556. The Bertz CT molecular complexity index is 590. The average Bonchev–Trinajstić information content (AvgIpc) is 3.42. The van der Waals surface area contributed by atoms with Crippen LogP contribution < -0.4 is 10.1 Å². The molecular weight excluding hydrogens is 308 g/mol. The molecule has 1 aromatic carbocycles. The monoisotopic (exact) mass is 332 g/mol. The highest BCUT2D eigenvalue weighted by molar-refractivity contribution is 5.82. The molecule has 0 bridgehead atoms. The summed E-state index contributed by atoms with van der Waals surface area (Å²) in [6, 6.07) is 6.51. The Morgan fingerprint density at radius 2 is 1.79 bits per heavy atom. The summed E-state index contributed by atoms with van der Waals surface area (Å²) in [5.41, 5.74) is 0. The molecule has 1 heterocycles. The minimum absolute atomic E-state index is 0.0463. The number of hydrogen-bond donors (Lipinski definition) is 2. The normalized spacial score (nSPS) is 19.6. The van der Waals surface area contributed by atoms with Gasteiger partial charge in [0, 0.05) is 25.0 Å². The van der Waals surface area contributed by atoms with Crippen LogP contribution in [0.15, 0.2) is 24.3 Å². The Labute approximate surface area is 141 Å². The van der Waals surface area contributed by atoms with Crippen molar-refractivity contribution >= 4 is 11.8 Å². The van der Waals surface area contributed by atoms with E-state index < -0.39 is 6.10 Å². The van der Waals surface area contributed by atoms with Gasteiger partial charge in [0.1, 0.15) is 11.5 Å². The summed E-state index contributed by atoms with van der Waals surface area (Å²) in [5.74, 6) is 1.07. The van der Waals surface area contributed by atoms with Crippen LogP contribution in [0.4, 0.5) is 0 Å². The van der Waals surface area contributed by atoms with E-state index in [0.29, 0.717) is 18.8 Å². The first-order valence-electron chi connectivity index (χ1n) is 8.58. The number of nitrogens with one attached hydrogen (secondary N) is 1. The molecule has 3 rings (SSSR count). The van der Waals surface area contributed by atoms with Crippen LogP contribution in [0.25, 0.3) is 0 Å². The largest absolute Gasteiger partial charge is 0.508 e. The zero-order valence-electron chi connectivity index (χ0n) is 13.9. The minimum atomic E-state index is -0.577. The highest BCUT2D eigenvalue weighted by atomic mass is 16.5. The van der Waals surface area contributed by atoms with Crippen LogP contribution in [0.1, 0.15) is 32.6 Å². The van der Waals surface area contributed by atoms with Crippen molar-refractivity contribution < 1.29 is 19.4 Å². The number of amides is 2. The summed E-state index contributed by atoms with van der Waals surface area (Å²) in [6.45, 7) is 3.01. The topological polar surface area (TPSA) is 78.9 Å². The summed E-state index contributed by atoms with van der Waals surface area (Å²) < 4.78 is 5.64. The summed E-state index contributed by atoms with van der Waals surface area (Å²) in [6.07, 6.45) is 3.02. The van der Waals surface area contributed by atoms with Crippen molar-refractivity contribution in [3.05, 3.63) is 24.3 Å². The van der Waals surface area contributed by atoms with Gasteiger partial charge in [-0.2, -0.15) is 0 Å². The number of carbonyl (C=O) groups is 2. The third-order valence-electron chi connectivity index (χ3n) is 4.60. The maximum Gasteiger partial charge on any atom is 0.263 e. The lowest BCUT2D eigenvalue weighted by molar-refractivity contribution is -0.139. The second-order valence-corrected chi connectivity index (χ2v) is 6.64. The summed E-state index contributed by atoms with van der Waals surface area (Å²) in [7, 11) is 0. The van der Waals surface area contributed by atoms with E-state index in [4.69, 9.17) is 4.74 Å². The van der Waals surface area contributed by atoms with Gasteiger partial charge in [0.2, 0.25) is 5.91 Å². The highest BCUT2D eigenvalue weighted by Crippen LogP contribution is 2.29. The van der Waals surface area contributed by atoms with Gasteiger partial charge in [0.15, 0.2) is 6.10 Å². The Kier molecular flexibility index (Phi) is 4.92. The maximum atomic E-state index is 12.5. The third kappa shape index (κ3) is 4.19. The van der Waals surface area contributed by atoms with E-state index in [1.807, 2.05) is 0 Å². The molecule has 1 aromatic rings. The fourth-order valence-corrected chi connectivity index (χ4v) is 2.95. The van der Waals surface area contributed by atoms with Crippen molar-refractivity contribution in [1.82, 2.24) is 10.2 Å². The molecule has 130 valence electrons. The van der Waals surface area contributed by atoms with Crippen LogP contribution in [0.5, 0.6) is 11.5 Å². The number of aromatic hydroxyl groups is 1. The number of hydrogen-bond acceptors (Lipinski definition) is 4. The molecule has 2 fully saturated rings. The zero-order chi connectivity index (χ0) is 17.1. The minimum Gasteiger partial charge on any atom is -0.508 e. The molecule has 1 aliphatic carbocycles. The first-order chi connectivity index (χ1) is 11.5. The van der Waals surface area contributed by atoms with Gasteiger partial charge in [-0.25, -0.2) is 0 Å². The highest BCUT2D eigenvalue weighted by Gasteiger charge is 2.33. The SMILES string of the molecule is CC(Oc1ccc(O)cc1)C(=O)N1CCC(NC(=O)C2CC2)CC1. The number of piperidine rings is 1. The first kappa shape index (κ1) is 16.6. The van der Waals surface area contributed by atoms with Crippen LogP contribution in [-0.4, -0.2) is 47.1 Å². The van der Waals surface area contributed by atoms with Gasteiger partial charge in [0.25, 0.3) is 5.91 Å².